The summed E-state index contributed by atoms with van der Waals surface area (Å²) in [6.45, 7) is 3.50. The number of carbonyl (C=O) groups is 2. The predicted molar refractivity (Wildman–Crippen MR) is 143 cm³/mol. The fraction of sp³-hybridized carbons (Fsp3) is 0.267. The Bertz CT molecular complexity index is 1250. The van der Waals surface area contributed by atoms with Crippen molar-refractivity contribution in [1.82, 2.24) is 14.8 Å². The lowest BCUT2D eigenvalue weighted by molar-refractivity contribution is -0.142. The lowest BCUT2D eigenvalue weighted by Crippen LogP contribution is -2.45. The van der Waals surface area contributed by atoms with Gasteiger partial charge < -0.3 is 19.5 Å². The molecule has 4 aromatic rings. The van der Waals surface area contributed by atoms with Crippen molar-refractivity contribution in [2.45, 2.75) is 26.3 Å². The van der Waals surface area contributed by atoms with E-state index in [9.17, 15) is 9.59 Å². The van der Waals surface area contributed by atoms with Gasteiger partial charge in [0.1, 0.15) is 5.75 Å². The maximum absolute atomic E-state index is 13.5. The first-order chi connectivity index (χ1) is 17.6. The summed E-state index contributed by atoms with van der Waals surface area (Å²) in [5.74, 6) is 0.378. The van der Waals surface area contributed by atoms with Crippen LogP contribution in [0.4, 0.5) is 0 Å². The van der Waals surface area contributed by atoms with Gasteiger partial charge in [0.05, 0.1) is 6.54 Å². The van der Waals surface area contributed by atoms with Crippen LogP contribution in [0.3, 0.4) is 0 Å². The summed E-state index contributed by atoms with van der Waals surface area (Å²) in [5, 5.41) is 1.17. The van der Waals surface area contributed by atoms with Crippen molar-refractivity contribution in [1.29, 1.82) is 0 Å². The fourth-order valence-electron chi connectivity index (χ4n) is 4.27. The van der Waals surface area contributed by atoms with Crippen LogP contribution in [0.15, 0.2) is 91.1 Å². The molecule has 0 spiro atoms. The van der Waals surface area contributed by atoms with E-state index in [2.05, 4.69) is 17.1 Å². The highest BCUT2D eigenvalue weighted by atomic mass is 16.5. The van der Waals surface area contributed by atoms with Crippen LogP contribution >= 0.6 is 0 Å². The molecule has 3 aromatic carbocycles. The number of ether oxygens (including phenoxy) is 1. The normalized spacial score (nSPS) is 10.8. The Balaban J connectivity index is 1.44. The highest BCUT2D eigenvalue weighted by Crippen LogP contribution is 2.19. The first-order valence-corrected chi connectivity index (χ1v) is 12.5. The lowest BCUT2D eigenvalue weighted by Gasteiger charge is -2.28. The van der Waals surface area contributed by atoms with E-state index in [1.54, 1.807) is 4.90 Å². The smallest absolute Gasteiger partial charge is 0.260 e. The van der Waals surface area contributed by atoms with E-state index in [-0.39, 0.29) is 25.0 Å². The molecule has 0 atom stereocenters. The van der Waals surface area contributed by atoms with Crippen LogP contribution < -0.4 is 4.74 Å². The average Bonchev–Trinajstić information content (AvgIpc) is 3.33. The number of para-hydroxylation sites is 2. The van der Waals surface area contributed by atoms with Gasteiger partial charge in [0.15, 0.2) is 6.61 Å². The number of rotatable bonds is 12. The number of amides is 2. The molecule has 6 nitrogen and oxygen atoms in total. The summed E-state index contributed by atoms with van der Waals surface area (Å²) >= 11 is 0. The minimum Gasteiger partial charge on any atom is -0.484 e. The number of aromatic nitrogens is 1. The van der Waals surface area contributed by atoms with Gasteiger partial charge in [-0.15, -0.1) is 0 Å². The molecule has 0 saturated heterocycles. The maximum Gasteiger partial charge on any atom is 0.260 e. The zero-order chi connectivity index (χ0) is 25.2. The van der Waals surface area contributed by atoms with Gasteiger partial charge in [0.2, 0.25) is 5.91 Å². The van der Waals surface area contributed by atoms with Crippen LogP contribution in [0.25, 0.3) is 10.9 Å². The van der Waals surface area contributed by atoms with Gasteiger partial charge in [-0.05, 0) is 42.2 Å². The zero-order valence-electron chi connectivity index (χ0n) is 20.7. The SMILES string of the molecule is CCCN(CC(=O)N(CCc1c[nH]c2ccccc12)Cc1ccccc1)C(=O)COc1ccccc1. The van der Waals surface area contributed by atoms with E-state index >= 15 is 0 Å². The van der Waals surface area contributed by atoms with Crippen molar-refractivity contribution in [3.05, 3.63) is 102 Å². The van der Waals surface area contributed by atoms with Gasteiger partial charge in [0.25, 0.3) is 5.91 Å². The van der Waals surface area contributed by atoms with Crippen LogP contribution in [0, 0.1) is 0 Å². The molecule has 0 unspecified atom stereocenters. The van der Waals surface area contributed by atoms with E-state index in [1.807, 2.05) is 90.8 Å². The standard InChI is InChI=1S/C30H33N3O3/c1-2-18-32(30(35)23-36-26-13-7-4-8-14-26)22-29(34)33(21-24-11-5-3-6-12-24)19-17-25-20-31-28-16-10-9-15-27(25)28/h3-16,20,31H,2,17-19,21-23H2,1H3. The third-order valence-electron chi connectivity index (χ3n) is 6.17. The molecule has 0 fully saturated rings. The Kier molecular flexibility index (Phi) is 8.76. The number of carbonyl (C=O) groups excluding carboxylic acids is 2. The number of hydrogen-bond donors (Lipinski definition) is 1. The summed E-state index contributed by atoms with van der Waals surface area (Å²) in [7, 11) is 0. The molecule has 0 radical (unpaired) electrons. The molecule has 0 aliphatic heterocycles. The molecule has 0 aliphatic rings. The van der Waals surface area contributed by atoms with Gasteiger partial charge in [-0.2, -0.15) is 0 Å². The second kappa shape index (κ2) is 12.6. The van der Waals surface area contributed by atoms with Crippen LogP contribution in [0.2, 0.25) is 0 Å². The summed E-state index contributed by atoms with van der Waals surface area (Å²) in [4.78, 5) is 33.2. The number of nitrogens with zero attached hydrogens (tertiary/aromatic N) is 2. The van der Waals surface area contributed by atoms with Crippen molar-refractivity contribution < 1.29 is 14.3 Å². The van der Waals surface area contributed by atoms with E-state index in [4.69, 9.17) is 4.74 Å². The Morgan fingerprint density at radius 3 is 2.25 bits per heavy atom. The molecule has 1 aromatic heterocycles. The Labute approximate surface area is 212 Å². The molecule has 6 heteroatoms. The van der Waals surface area contributed by atoms with Crippen molar-refractivity contribution >= 4 is 22.7 Å². The molecule has 186 valence electrons. The largest absolute Gasteiger partial charge is 0.484 e. The first-order valence-electron chi connectivity index (χ1n) is 12.5. The van der Waals surface area contributed by atoms with Gasteiger partial charge in [-0.1, -0.05) is 73.7 Å². The van der Waals surface area contributed by atoms with Crippen molar-refractivity contribution in [2.75, 3.05) is 26.2 Å². The quantitative estimate of drug-likeness (QED) is 0.306. The molecule has 4 rings (SSSR count). The number of fused-ring (bicyclic) bond motifs is 1. The highest BCUT2D eigenvalue weighted by Gasteiger charge is 2.22. The third-order valence-corrected chi connectivity index (χ3v) is 6.17. The Morgan fingerprint density at radius 1 is 0.806 bits per heavy atom. The molecule has 1 heterocycles. The third kappa shape index (κ3) is 6.75. The van der Waals surface area contributed by atoms with Gasteiger partial charge in [-0.25, -0.2) is 0 Å². The van der Waals surface area contributed by atoms with Crippen molar-refractivity contribution in [3.63, 3.8) is 0 Å². The van der Waals surface area contributed by atoms with Gasteiger partial charge in [0, 0.05) is 36.7 Å². The Morgan fingerprint density at radius 2 is 1.50 bits per heavy atom. The molecule has 0 bridgehead atoms. The first kappa shape index (κ1) is 25.0. The van der Waals surface area contributed by atoms with Crippen LogP contribution in [0.1, 0.15) is 24.5 Å². The van der Waals surface area contributed by atoms with Crippen LogP contribution in [-0.2, 0) is 22.6 Å². The minimum atomic E-state index is -0.189. The summed E-state index contributed by atoms with van der Waals surface area (Å²) in [6, 6.07) is 27.4. The second-order valence-corrected chi connectivity index (χ2v) is 8.83. The number of aromatic amines is 1. The van der Waals surface area contributed by atoms with Crippen molar-refractivity contribution in [2.24, 2.45) is 0 Å². The van der Waals surface area contributed by atoms with E-state index in [1.165, 1.54) is 10.9 Å². The molecule has 36 heavy (non-hydrogen) atoms. The fourth-order valence-corrected chi connectivity index (χ4v) is 4.27. The van der Waals surface area contributed by atoms with Crippen LogP contribution in [0.5, 0.6) is 5.75 Å². The topological polar surface area (TPSA) is 65.6 Å². The number of hydrogen-bond acceptors (Lipinski definition) is 3. The number of H-pyrrole nitrogens is 1. The summed E-state index contributed by atoms with van der Waals surface area (Å²) in [6.07, 6.45) is 3.50. The number of benzene rings is 3. The van der Waals surface area contributed by atoms with Gasteiger partial charge >= 0.3 is 0 Å². The maximum atomic E-state index is 13.5. The summed E-state index contributed by atoms with van der Waals surface area (Å²) in [5.41, 5.74) is 3.33. The van der Waals surface area contributed by atoms with Crippen LogP contribution in [-0.4, -0.2) is 52.8 Å². The van der Waals surface area contributed by atoms with Crippen molar-refractivity contribution in [3.8, 4) is 5.75 Å². The monoisotopic (exact) mass is 483 g/mol. The second-order valence-electron chi connectivity index (χ2n) is 8.83. The van der Waals surface area contributed by atoms with Gasteiger partial charge in [-0.3, -0.25) is 9.59 Å². The molecule has 0 saturated carbocycles. The lowest BCUT2D eigenvalue weighted by atomic mass is 10.1. The zero-order valence-corrected chi connectivity index (χ0v) is 20.7. The Hall–Kier alpha value is -4.06. The summed E-state index contributed by atoms with van der Waals surface area (Å²) < 4.78 is 5.65. The molecular formula is C30H33N3O3. The van der Waals surface area contributed by atoms with E-state index in [0.717, 1.165) is 23.9 Å². The van der Waals surface area contributed by atoms with E-state index in [0.29, 0.717) is 25.4 Å². The highest BCUT2D eigenvalue weighted by molar-refractivity contribution is 5.86. The molecule has 2 amide bonds. The minimum absolute atomic E-state index is 0.0333. The molecule has 0 aliphatic carbocycles. The average molecular weight is 484 g/mol. The van der Waals surface area contributed by atoms with E-state index < -0.39 is 0 Å². The predicted octanol–water partition coefficient (Wildman–Crippen LogP) is 5.06. The molecular weight excluding hydrogens is 450 g/mol. The number of nitrogens with one attached hydrogen (secondary N) is 1. The molecule has 1 N–H and O–H groups in total.